The van der Waals surface area contributed by atoms with Crippen LogP contribution in [0, 0.1) is 17.0 Å². The van der Waals surface area contributed by atoms with Gasteiger partial charge in [0, 0.05) is 11.4 Å². The lowest BCUT2D eigenvalue weighted by Gasteiger charge is -2.38. The van der Waals surface area contributed by atoms with Crippen LogP contribution >= 0.6 is 0 Å². The van der Waals surface area contributed by atoms with Gasteiger partial charge in [0.2, 0.25) is 0 Å². The van der Waals surface area contributed by atoms with E-state index in [4.69, 9.17) is 9.47 Å². The van der Waals surface area contributed by atoms with E-state index >= 15 is 0 Å². The Bertz CT molecular complexity index is 1160. The van der Waals surface area contributed by atoms with Gasteiger partial charge >= 0.3 is 0 Å². The molecule has 0 aliphatic carbocycles. The summed E-state index contributed by atoms with van der Waals surface area (Å²) in [5.74, 6) is 0.315. The number of hydrogen-bond acceptors (Lipinski definition) is 6. The van der Waals surface area contributed by atoms with Gasteiger partial charge < -0.3 is 14.8 Å². The van der Waals surface area contributed by atoms with Crippen LogP contribution in [0.5, 0.6) is 11.5 Å². The van der Waals surface area contributed by atoms with E-state index in [1.165, 1.54) is 31.3 Å². The molecular formula is C23H21N3O5. The monoisotopic (exact) mass is 419 g/mol. The maximum atomic E-state index is 13.5. The maximum absolute atomic E-state index is 13.5. The number of nitro benzene ring substituents is 1. The second kappa shape index (κ2) is 7.98. The predicted molar refractivity (Wildman–Crippen MR) is 117 cm³/mol. The molecule has 1 N–H and O–H groups in total. The summed E-state index contributed by atoms with van der Waals surface area (Å²) in [6.45, 7) is 1.95. The summed E-state index contributed by atoms with van der Waals surface area (Å²) in [5.41, 5.74) is 2.85. The number of anilines is 2. The number of nitrogens with one attached hydrogen (secondary N) is 1. The Morgan fingerprint density at radius 2 is 1.65 bits per heavy atom. The second-order valence-corrected chi connectivity index (χ2v) is 7.13. The first-order valence-corrected chi connectivity index (χ1v) is 9.60. The third kappa shape index (κ3) is 3.52. The number of aryl methyl sites for hydroxylation is 1. The molecule has 3 aromatic carbocycles. The molecule has 0 aromatic heterocycles. The first kappa shape index (κ1) is 20.2. The average molecular weight is 419 g/mol. The number of fused-ring (bicyclic) bond motifs is 1. The lowest BCUT2D eigenvalue weighted by Crippen LogP contribution is -2.43. The molecule has 1 aliphatic rings. The average Bonchev–Trinajstić information content (AvgIpc) is 2.78. The van der Waals surface area contributed by atoms with Gasteiger partial charge in [0.1, 0.15) is 6.17 Å². The van der Waals surface area contributed by atoms with Gasteiger partial charge in [-0.2, -0.15) is 0 Å². The first-order chi connectivity index (χ1) is 14.9. The van der Waals surface area contributed by atoms with Crippen molar-refractivity contribution >= 4 is 23.0 Å². The highest BCUT2D eigenvalue weighted by atomic mass is 16.6. The van der Waals surface area contributed by atoms with Gasteiger partial charge in [0.25, 0.3) is 11.6 Å². The number of benzene rings is 3. The lowest BCUT2D eigenvalue weighted by molar-refractivity contribution is -0.385. The van der Waals surface area contributed by atoms with Crippen LogP contribution in [-0.4, -0.2) is 25.1 Å². The lowest BCUT2D eigenvalue weighted by atomic mass is 10.0. The third-order valence-corrected chi connectivity index (χ3v) is 5.26. The molecule has 0 saturated heterocycles. The van der Waals surface area contributed by atoms with Crippen molar-refractivity contribution in [2.45, 2.75) is 13.1 Å². The summed E-state index contributed by atoms with van der Waals surface area (Å²) in [5, 5.41) is 15.2. The van der Waals surface area contributed by atoms with Gasteiger partial charge in [0.05, 0.1) is 36.3 Å². The van der Waals surface area contributed by atoms with Crippen molar-refractivity contribution in [3.8, 4) is 11.5 Å². The highest BCUT2D eigenvalue weighted by Crippen LogP contribution is 2.43. The zero-order chi connectivity index (χ0) is 22.1. The molecule has 0 fully saturated rings. The van der Waals surface area contributed by atoms with E-state index in [-0.39, 0.29) is 22.9 Å². The van der Waals surface area contributed by atoms with Gasteiger partial charge in [-0.25, -0.2) is 0 Å². The Hall–Kier alpha value is -4.07. The van der Waals surface area contributed by atoms with Crippen LogP contribution in [-0.2, 0) is 0 Å². The van der Waals surface area contributed by atoms with Crippen molar-refractivity contribution in [2.75, 3.05) is 24.4 Å². The minimum Gasteiger partial charge on any atom is -0.493 e. The number of methoxy groups -OCH3 is 2. The SMILES string of the molecule is COc1cc([C@H]2Nc3ccccc3C(=O)N2c2ccc(C)cc2)c([N+](=O)[O-])cc1OC. The molecule has 0 spiro atoms. The van der Waals surface area contributed by atoms with E-state index in [2.05, 4.69) is 5.32 Å². The zero-order valence-electron chi connectivity index (χ0n) is 17.3. The molecular weight excluding hydrogens is 398 g/mol. The molecule has 8 nitrogen and oxygen atoms in total. The fraction of sp³-hybridized carbons (Fsp3) is 0.174. The van der Waals surface area contributed by atoms with Crippen molar-refractivity contribution in [1.29, 1.82) is 0 Å². The first-order valence-electron chi connectivity index (χ1n) is 9.60. The van der Waals surface area contributed by atoms with Crippen LogP contribution in [0.15, 0.2) is 60.7 Å². The van der Waals surface area contributed by atoms with Crippen molar-refractivity contribution in [2.24, 2.45) is 0 Å². The minimum absolute atomic E-state index is 0.181. The fourth-order valence-electron chi connectivity index (χ4n) is 3.70. The fourth-order valence-corrected chi connectivity index (χ4v) is 3.70. The van der Waals surface area contributed by atoms with Crippen molar-refractivity contribution in [1.82, 2.24) is 0 Å². The Balaban J connectivity index is 1.95. The Morgan fingerprint density at radius 3 is 2.29 bits per heavy atom. The Kier molecular flexibility index (Phi) is 5.21. The number of hydrogen-bond donors (Lipinski definition) is 1. The number of para-hydroxylation sites is 1. The molecule has 0 saturated carbocycles. The number of rotatable bonds is 5. The van der Waals surface area contributed by atoms with Gasteiger partial charge in [-0.1, -0.05) is 29.8 Å². The molecule has 1 heterocycles. The highest BCUT2D eigenvalue weighted by molar-refractivity contribution is 6.12. The Labute approximate surface area is 179 Å². The highest BCUT2D eigenvalue weighted by Gasteiger charge is 2.38. The number of nitrogens with zero attached hydrogens (tertiary/aromatic N) is 2. The summed E-state index contributed by atoms with van der Waals surface area (Å²) in [4.78, 5) is 26.5. The largest absolute Gasteiger partial charge is 0.493 e. The van der Waals surface area contributed by atoms with Crippen LogP contribution in [0.4, 0.5) is 17.1 Å². The number of carbonyl (C=O) groups is 1. The standard InChI is InChI=1S/C23H21N3O5/c1-14-8-10-15(11-9-14)25-22(24-18-7-5-4-6-16(18)23(25)27)17-12-20(30-2)21(31-3)13-19(17)26(28)29/h4-13,22,24H,1-3H3/t22-/m0/s1. The summed E-state index contributed by atoms with van der Waals surface area (Å²) in [6, 6.07) is 17.4. The third-order valence-electron chi connectivity index (χ3n) is 5.26. The summed E-state index contributed by atoms with van der Waals surface area (Å²) in [6.07, 6.45) is -0.828. The predicted octanol–water partition coefficient (Wildman–Crippen LogP) is 4.69. The van der Waals surface area contributed by atoms with Crippen LogP contribution in [0.3, 0.4) is 0 Å². The topological polar surface area (TPSA) is 93.9 Å². The molecule has 158 valence electrons. The molecule has 0 bridgehead atoms. The van der Waals surface area contributed by atoms with Gasteiger partial charge in [0.15, 0.2) is 11.5 Å². The molecule has 1 amide bonds. The zero-order valence-corrected chi connectivity index (χ0v) is 17.3. The summed E-state index contributed by atoms with van der Waals surface area (Å²) < 4.78 is 10.6. The van der Waals surface area contributed by atoms with E-state index in [0.29, 0.717) is 22.7 Å². The molecule has 1 aliphatic heterocycles. The quantitative estimate of drug-likeness (QED) is 0.476. The van der Waals surface area contributed by atoms with Gasteiger partial charge in [-0.15, -0.1) is 0 Å². The molecule has 4 rings (SSSR count). The van der Waals surface area contributed by atoms with Gasteiger partial charge in [-0.05, 0) is 37.3 Å². The number of nitro groups is 1. The maximum Gasteiger partial charge on any atom is 0.280 e. The number of amides is 1. The van der Waals surface area contributed by atoms with Gasteiger partial charge in [-0.3, -0.25) is 19.8 Å². The van der Waals surface area contributed by atoms with Crippen molar-refractivity contribution in [3.63, 3.8) is 0 Å². The normalized spacial score (nSPS) is 15.1. The van der Waals surface area contributed by atoms with Crippen molar-refractivity contribution in [3.05, 3.63) is 87.5 Å². The van der Waals surface area contributed by atoms with Crippen LogP contribution in [0.2, 0.25) is 0 Å². The van der Waals surface area contributed by atoms with E-state index in [1.807, 2.05) is 31.2 Å². The summed E-state index contributed by atoms with van der Waals surface area (Å²) in [7, 11) is 2.87. The van der Waals surface area contributed by atoms with E-state index < -0.39 is 11.1 Å². The van der Waals surface area contributed by atoms with Crippen molar-refractivity contribution < 1.29 is 19.2 Å². The van der Waals surface area contributed by atoms with Crippen LogP contribution in [0.25, 0.3) is 0 Å². The molecule has 3 aromatic rings. The minimum atomic E-state index is -0.828. The molecule has 0 radical (unpaired) electrons. The smallest absolute Gasteiger partial charge is 0.280 e. The molecule has 0 unspecified atom stereocenters. The summed E-state index contributed by atoms with van der Waals surface area (Å²) >= 11 is 0. The molecule has 8 heteroatoms. The molecule has 1 atom stereocenters. The van der Waals surface area contributed by atoms with E-state index in [0.717, 1.165) is 5.56 Å². The number of ether oxygens (including phenoxy) is 2. The van der Waals surface area contributed by atoms with E-state index in [9.17, 15) is 14.9 Å². The van der Waals surface area contributed by atoms with E-state index in [1.54, 1.807) is 24.3 Å². The Morgan fingerprint density at radius 1 is 1.00 bits per heavy atom. The molecule has 31 heavy (non-hydrogen) atoms. The van der Waals surface area contributed by atoms with Crippen LogP contribution in [0.1, 0.15) is 27.7 Å². The van der Waals surface area contributed by atoms with Crippen LogP contribution < -0.4 is 19.7 Å². The number of carbonyl (C=O) groups excluding carboxylic acids is 1. The second-order valence-electron chi connectivity index (χ2n) is 7.13.